The van der Waals surface area contributed by atoms with E-state index in [1.807, 2.05) is 0 Å². The Hall–Kier alpha value is -3.32. The zero-order chi connectivity index (χ0) is 19.6. The number of nitrogens with zero attached hydrogens (tertiary/aromatic N) is 1. The summed E-state index contributed by atoms with van der Waals surface area (Å²) < 4.78 is 10.4. The maximum atomic E-state index is 11.9. The molecule has 7 nitrogen and oxygen atoms in total. The van der Waals surface area contributed by atoms with E-state index in [-0.39, 0.29) is 0 Å². The normalized spacial score (nSPS) is 10.3. The first-order valence-corrected chi connectivity index (χ1v) is 8.23. The standard InChI is InChI=1S/C19H18ClN3O4/c1-3-9-27-15-6-4-5-13(10-15)12-21-23-19(25)18(24)22-14-7-8-17(26-2)16(20)11-14/h3-8,10-12H,1,9H2,2H3,(H,22,24)(H,23,25)/b21-12-. The molecule has 2 rings (SSSR count). The van der Waals surface area contributed by atoms with Crippen molar-refractivity contribution in [3.63, 3.8) is 0 Å². The minimum absolute atomic E-state index is 0.312. The summed E-state index contributed by atoms with van der Waals surface area (Å²) in [5.74, 6) is -0.698. The molecule has 0 radical (unpaired) electrons. The number of carbonyl (C=O) groups is 2. The number of hydrazone groups is 1. The molecule has 0 aliphatic carbocycles. The predicted octanol–water partition coefficient (Wildman–Crippen LogP) is 3.00. The molecule has 0 heterocycles. The minimum Gasteiger partial charge on any atom is -0.495 e. The highest BCUT2D eigenvalue weighted by Crippen LogP contribution is 2.27. The van der Waals surface area contributed by atoms with Gasteiger partial charge in [0.1, 0.15) is 18.1 Å². The Bertz CT molecular complexity index is 868. The lowest BCUT2D eigenvalue weighted by molar-refractivity contribution is -0.136. The van der Waals surface area contributed by atoms with Crippen LogP contribution in [0.15, 0.2) is 60.2 Å². The van der Waals surface area contributed by atoms with Crippen molar-refractivity contribution < 1.29 is 19.1 Å². The van der Waals surface area contributed by atoms with Crippen LogP contribution in [0.4, 0.5) is 5.69 Å². The topological polar surface area (TPSA) is 89.0 Å². The number of rotatable bonds is 7. The van der Waals surface area contributed by atoms with Crippen molar-refractivity contribution in [2.45, 2.75) is 0 Å². The molecule has 0 saturated heterocycles. The molecule has 0 saturated carbocycles. The molecule has 0 unspecified atom stereocenters. The summed E-state index contributed by atoms with van der Waals surface area (Å²) in [7, 11) is 1.48. The maximum Gasteiger partial charge on any atom is 0.329 e. The molecule has 0 atom stereocenters. The predicted molar refractivity (Wildman–Crippen MR) is 105 cm³/mol. The summed E-state index contributed by atoms with van der Waals surface area (Å²) in [4.78, 5) is 23.7. The summed E-state index contributed by atoms with van der Waals surface area (Å²) in [5.41, 5.74) is 3.21. The summed E-state index contributed by atoms with van der Waals surface area (Å²) in [5, 5.41) is 6.50. The third-order valence-corrected chi connectivity index (χ3v) is 3.52. The van der Waals surface area contributed by atoms with Gasteiger partial charge in [-0.1, -0.05) is 36.4 Å². The van der Waals surface area contributed by atoms with E-state index in [0.29, 0.717) is 34.4 Å². The lowest BCUT2D eigenvalue weighted by Gasteiger charge is -2.07. The number of ether oxygens (including phenoxy) is 2. The van der Waals surface area contributed by atoms with Gasteiger partial charge in [-0.15, -0.1) is 0 Å². The van der Waals surface area contributed by atoms with Crippen molar-refractivity contribution in [3.8, 4) is 11.5 Å². The maximum absolute atomic E-state index is 11.9. The Morgan fingerprint density at radius 2 is 2.04 bits per heavy atom. The number of hydrogen-bond donors (Lipinski definition) is 2. The molecule has 0 aliphatic heterocycles. The second-order valence-corrected chi connectivity index (χ2v) is 5.58. The molecule has 2 aromatic rings. The van der Waals surface area contributed by atoms with Crippen molar-refractivity contribution in [2.24, 2.45) is 5.10 Å². The van der Waals surface area contributed by atoms with Crippen LogP contribution in [0.5, 0.6) is 11.5 Å². The van der Waals surface area contributed by atoms with Crippen molar-refractivity contribution in [2.75, 3.05) is 19.0 Å². The van der Waals surface area contributed by atoms with Gasteiger partial charge in [-0.25, -0.2) is 5.43 Å². The van der Waals surface area contributed by atoms with Crippen LogP contribution in [-0.2, 0) is 9.59 Å². The van der Waals surface area contributed by atoms with Crippen LogP contribution in [0, 0.1) is 0 Å². The molecule has 0 aromatic heterocycles. The smallest absolute Gasteiger partial charge is 0.329 e. The summed E-state index contributed by atoms with van der Waals surface area (Å²) in [6.45, 7) is 3.96. The average Bonchev–Trinajstić information content (AvgIpc) is 2.66. The molecule has 0 fully saturated rings. The van der Waals surface area contributed by atoms with Gasteiger partial charge >= 0.3 is 11.8 Å². The van der Waals surface area contributed by atoms with Crippen LogP contribution >= 0.6 is 11.6 Å². The number of anilines is 1. The van der Waals surface area contributed by atoms with Crippen molar-refractivity contribution >= 4 is 35.3 Å². The summed E-state index contributed by atoms with van der Waals surface area (Å²) in [6.07, 6.45) is 3.03. The molecule has 8 heteroatoms. The molecule has 0 spiro atoms. The minimum atomic E-state index is -0.919. The Kier molecular flexibility index (Phi) is 7.39. The number of hydrogen-bond acceptors (Lipinski definition) is 5. The summed E-state index contributed by atoms with van der Waals surface area (Å²) >= 11 is 5.97. The van der Waals surface area contributed by atoms with Crippen molar-refractivity contribution in [1.29, 1.82) is 0 Å². The molecule has 0 bridgehead atoms. The van der Waals surface area contributed by atoms with Crippen LogP contribution in [0.2, 0.25) is 5.02 Å². The summed E-state index contributed by atoms with van der Waals surface area (Å²) in [6, 6.07) is 11.7. The first-order valence-electron chi connectivity index (χ1n) is 7.85. The number of halogens is 1. The molecule has 0 aliphatic rings. The van der Waals surface area contributed by atoms with Gasteiger partial charge in [-0.2, -0.15) is 5.10 Å². The van der Waals surface area contributed by atoms with Crippen LogP contribution in [0.25, 0.3) is 0 Å². The second kappa shape index (κ2) is 9.98. The number of carbonyl (C=O) groups excluding carboxylic acids is 2. The Morgan fingerprint density at radius 3 is 2.74 bits per heavy atom. The third-order valence-electron chi connectivity index (χ3n) is 3.22. The van der Waals surface area contributed by atoms with Gasteiger partial charge in [0.15, 0.2) is 0 Å². The van der Waals surface area contributed by atoms with Crippen LogP contribution in [0.3, 0.4) is 0 Å². The number of methoxy groups -OCH3 is 1. The van der Waals surface area contributed by atoms with Crippen molar-refractivity contribution in [1.82, 2.24) is 5.43 Å². The lowest BCUT2D eigenvalue weighted by atomic mass is 10.2. The molecule has 140 valence electrons. The molecular weight excluding hydrogens is 370 g/mol. The van der Waals surface area contributed by atoms with Crippen LogP contribution in [-0.4, -0.2) is 31.7 Å². The zero-order valence-electron chi connectivity index (χ0n) is 14.6. The van der Waals surface area contributed by atoms with E-state index < -0.39 is 11.8 Å². The number of benzene rings is 2. The van der Waals surface area contributed by atoms with Gasteiger partial charge in [0, 0.05) is 5.69 Å². The van der Waals surface area contributed by atoms with Crippen molar-refractivity contribution in [3.05, 3.63) is 65.7 Å². The first-order chi connectivity index (χ1) is 13.0. The lowest BCUT2D eigenvalue weighted by Crippen LogP contribution is -2.32. The van der Waals surface area contributed by atoms with E-state index in [0.717, 1.165) is 0 Å². The van der Waals surface area contributed by atoms with E-state index in [1.165, 1.54) is 19.4 Å². The van der Waals surface area contributed by atoms with E-state index in [9.17, 15) is 9.59 Å². The average molecular weight is 388 g/mol. The Morgan fingerprint density at radius 1 is 1.22 bits per heavy atom. The van der Waals surface area contributed by atoms with E-state index >= 15 is 0 Å². The molecule has 27 heavy (non-hydrogen) atoms. The van der Waals surface area contributed by atoms with Gasteiger partial charge < -0.3 is 14.8 Å². The quantitative estimate of drug-likeness (QED) is 0.331. The number of nitrogens with one attached hydrogen (secondary N) is 2. The zero-order valence-corrected chi connectivity index (χ0v) is 15.3. The Balaban J connectivity index is 1.91. The fourth-order valence-corrected chi connectivity index (χ4v) is 2.25. The first kappa shape index (κ1) is 20.0. The van der Waals surface area contributed by atoms with E-state index in [1.54, 1.807) is 42.5 Å². The highest BCUT2D eigenvalue weighted by molar-refractivity contribution is 6.40. The third kappa shape index (κ3) is 6.16. The van der Waals surface area contributed by atoms with Gasteiger partial charge in [-0.3, -0.25) is 9.59 Å². The molecule has 2 N–H and O–H groups in total. The highest BCUT2D eigenvalue weighted by Gasteiger charge is 2.13. The Labute approximate surface area is 161 Å². The molecule has 2 aromatic carbocycles. The monoisotopic (exact) mass is 387 g/mol. The van der Waals surface area contributed by atoms with Crippen LogP contribution < -0.4 is 20.2 Å². The fraction of sp³-hybridized carbons (Fsp3) is 0.105. The molecular formula is C19H18ClN3O4. The second-order valence-electron chi connectivity index (χ2n) is 5.17. The van der Waals surface area contributed by atoms with E-state index in [2.05, 4.69) is 22.4 Å². The largest absolute Gasteiger partial charge is 0.495 e. The van der Waals surface area contributed by atoms with Crippen LogP contribution in [0.1, 0.15) is 5.56 Å². The fourth-order valence-electron chi connectivity index (χ4n) is 1.99. The SMILES string of the molecule is C=CCOc1cccc(/C=N\NC(=O)C(=O)Nc2ccc(OC)c(Cl)c2)c1. The van der Waals surface area contributed by atoms with Gasteiger partial charge in [-0.05, 0) is 35.9 Å². The van der Waals surface area contributed by atoms with E-state index in [4.69, 9.17) is 21.1 Å². The van der Waals surface area contributed by atoms with Gasteiger partial charge in [0.05, 0.1) is 18.3 Å². The number of amides is 2. The van der Waals surface area contributed by atoms with Gasteiger partial charge in [0.2, 0.25) is 0 Å². The van der Waals surface area contributed by atoms with Gasteiger partial charge in [0.25, 0.3) is 0 Å². The molecule has 2 amide bonds. The highest BCUT2D eigenvalue weighted by atomic mass is 35.5.